The smallest absolute Gasteiger partial charge is 0.171 e. The van der Waals surface area contributed by atoms with E-state index in [2.05, 4.69) is 0 Å². The third-order valence-electron chi connectivity index (χ3n) is 4.91. The van der Waals surface area contributed by atoms with E-state index in [9.17, 15) is 52.7 Å². The molecule has 0 saturated heterocycles. The predicted octanol–water partition coefficient (Wildman–Crippen LogP) is 9.15. The zero-order valence-corrected chi connectivity index (χ0v) is 16.4. The van der Waals surface area contributed by atoms with Crippen molar-refractivity contribution in [2.45, 2.75) is 102 Å². The molecule has 182 valence electrons. The Morgan fingerprint density at radius 1 is 0.500 bits per heavy atom. The molecule has 0 radical (unpaired) electrons. The van der Waals surface area contributed by atoms with Crippen molar-refractivity contribution >= 4 is 0 Å². The summed E-state index contributed by atoms with van der Waals surface area (Å²) in [4.78, 5) is 0. The van der Waals surface area contributed by atoms with E-state index in [4.69, 9.17) is 0 Å². The van der Waals surface area contributed by atoms with E-state index in [1.165, 1.54) is 0 Å². The van der Waals surface area contributed by atoms with Crippen LogP contribution in [0.4, 0.5) is 52.7 Å². The van der Waals surface area contributed by atoms with Crippen LogP contribution in [0.15, 0.2) is 0 Å². The molecule has 12 heteroatoms. The van der Waals surface area contributed by atoms with Gasteiger partial charge in [0.1, 0.15) is 0 Å². The van der Waals surface area contributed by atoms with Crippen molar-refractivity contribution in [3.05, 3.63) is 0 Å². The van der Waals surface area contributed by atoms with Crippen LogP contribution in [0, 0.1) is 11.3 Å². The summed E-state index contributed by atoms with van der Waals surface area (Å²) in [5, 5.41) is 0. The molecule has 0 fully saturated rings. The molecule has 0 aromatic carbocycles. The van der Waals surface area contributed by atoms with Gasteiger partial charge in [-0.3, -0.25) is 0 Å². The van der Waals surface area contributed by atoms with Crippen LogP contribution in [0.5, 0.6) is 0 Å². The van der Waals surface area contributed by atoms with Gasteiger partial charge in [0.05, 0.1) is 19.3 Å². The lowest BCUT2D eigenvalue weighted by atomic mass is 9.64. The predicted molar refractivity (Wildman–Crippen MR) is 86.6 cm³/mol. The molecule has 0 nitrogen and oxygen atoms in total. The second kappa shape index (κ2) is 11.2. The van der Waals surface area contributed by atoms with Gasteiger partial charge in [-0.15, -0.1) is 0 Å². The number of halogens is 12. The average molecular weight is 470 g/mol. The molecule has 0 aliphatic carbocycles. The summed E-state index contributed by atoms with van der Waals surface area (Å²) in [7, 11) is 0. The Morgan fingerprint density at radius 3 is 1.20 bits per heavy atom. The van der Waals surface area contributed by atoms with E-state index in [0.29, 0.717) is 12.8 Å². The molecule has 1 atom stereocenters. The van der Waals surface area contributed by atoms with Crippen LogP contribution in [0.1, 0.15) is 77.6 Å². The second-order valence-corrected chi connectivity index (χ2v) is 7.81. The van der Waals surface area contributed by atoms with Crippen molar-refractivity contribution in [3.63, 3.8) is 0 Å². The molecular weight excluding hydrogens is 444 g/mol. The second-order valence-electron chi connectivity index (χ2n) is 7.81. The molecule has 0 rings (SSSR count). The standard InChI is InChI=1S/C18H26F12/c1-2-3-4-5-6-7-8-13(9-15(19,20)21)14(10-16(22,23)24,11-17(25,26)27)12-18(28,29)30/h13H,2-12H2,1H3. The minimum absolute atomic E-state index is 0.181. The van der Waals surface area contributed by atoms with E-state index >= 15 is 0 Å². The first-order chi connectivity index (χ1) is 13.3. The Balaban J connectivity index is 5.98. The number of hydrogen-bond donors (Lipinski definition) is 0. The van der Waals surface area contributed by atoms with Gasteiger partial charge in [-0.05, 0) is 17.8 Å². The minimum atomic E-state index is -5.50. The fourth-order valence-electron chi connectivity index (χ4n) is 3.89. The first-order valence-corrected chi connectivity index (χ1v) is 9.55. The molecule has 0 amide bonds. The van der Waals surface area contributed by atoms with Crippen LogP contribution in [0.3, 0.4) is 0 Å². The maximum absolute atomic E-state index is 13.0. The fraction of sp³-hybridized carbons (Fsp3) is 1.00. The lowest BCUT2D eigenvalue weighted by Crippen LogP contribution is -2.44. The molecule has 0 bridgehead atoms. The normalized spacial score (nSPS) is 15.5. The van der Waals surface area contributed by atoms with Gasteiger partial charge >= 0.3 is 24.7 Å². The molecule has 0 heterocycles. The summed E-state index contributed by atoms with van der Waals surface area (Å²) in [5.74, 6) is -2.46. The monoisotopic (exact) mass is 470 g/mol. The van der Waals surface area contributed by atoms with Crippen molar-refractivity contribution in [2.24, 2.45) is 11.3 Å². The van der Waals surface area contributed by atoms with E-state index in [1.54, 1.807) is 0 Å². The summed E-state index contributed by atoms with van der Waals surface area (Å²) in [6.07, 6.45) is -29.6. The summed E-state index contributed by atoms with van der Waals surface area (Å²) in [6, 6.07) is 0. The maximum atomic E-state index is 13.0. The SMILES string of the molecule is CCCCCCCCC(CC(F)(F)F)C(CC(F)(F)F)(CC(F)(F)F)CC(F)(F)F. The lowest BCUT2D eigenvalue weighted by molar-refractivity contribution is -0.249. The molecule has 0 aromatic heterocycles. The van der Waals surface area contributed by atoms with Crippen molar-refractivity contribution in [3.8, 4) is 0 Å². The van der Waals surface area contributed by atoms with Gasteiger partial charge in [0.25, 0.3) is 0 Å². The topological polar surface area (TPSA) is 0 Å². The Labute approximate surface area is 167 Å². The van der Waals surface area contributed by atoms with E-state index in [-0.39, 0.29) is 12.8 Å². The molecule has 1 unspecified atom stereocenters. The Hall–Kier alpha value is -0.840. The molecule has 0 aliphatic rings. The summed E-state index contributed by atoms with van der Waals surface area (Å²) >= 11 is 0. The molecule has 30 heavy (non-hydrogen) atoms. The third kappa shape index (κ3) is 14.2. The van der Waals surface area contributed by atoms with Gasteiger partial charge in [0, 0.05) is 6.42 Å². The van der Waals surface area contributed by atoms with Gasteiger partial charge in [-0.25, -0.2) is 0 Å². The van der Waals surface area contributed by atoms with Crippen LogP contribution in [-0.2, 0) is 0 Å². The average Bonchev–Trinajstić information content (AvgIpc) is 2.42. The Bertz CT molecular complexity index is 429. The van der Waals surface area contributed by atoms with Crippen molar-refractivity contribution in [1.29, 1.82) is 0 Å². The lowest BCUT2D eigenvalue weighted by Gasteiger charge is -2.43. The fourth-order valence-corrected chi connectivity index (χ4v) is 3.89. The van der Waals surface area contributed by atoms with Crippen LogP contribution in [-0.4, -0.2) is 24.7 Å². The number of rotatable bonds is 12. The van der Waals surface area contributed by atoms with Crippen LogP contribution in [0.2, 0.25) is 0 Å². The van der Waals surface area contributed by atoms with E-state index in [1.807, 2.05) is 6.92 Å². The highest BCUT2D eigenvalue weighted by Gasteiger charge is 2.58. The largest absolute Gasteiger partial charge is 0.389 e. The quantitative estimate of drug-likeness (QED) is 0.197. The number of alkyl halides is 12. The van der Waals surface area contributed by atoms with Crippen molar-refractivity contribution < 1.29 is 52.7 Å². The van der Waals surface area contributed by atoms with Gasteiger partial charge in [-0.2, -0.15) is 52.7 Å². The Kier molecular flexibility index (Phi) is 10.8. The van der Waals surface area contributed by atoms with Crippen LogP contribution >= 0.6 is 0 Å². The summed E-state index contributed by atoms with van der Waals surface area (Å²) in [6.45, 7) is 1.87. The van der Waals surface area contributed by atoms with Gasteiger partial charge < -0.3 is 0 Å². The van der Waals surface area contributed by atoms with Gasteiger partial charge in [0.15, 0.2) is 0 Å². The zero-order chi connectivity index (χ0) is 23.9. The zero-order valence-electron chi connectivity index (χ0n) is 16.4. The van der Waals surface area contributed by atoms with E-state index < -0.39 is 68.1 Å². The Morgan fingerprint density at radius 2 is 0.867 bits per heavy atom. The summed E-state index contributed by atoms with van der Waals surface area (Å²) < 4.78 is 156. The van der Waals surface area contributed by atoms with Crippen LogP contribution in [0.25, 0.3) is 0 Å². The molecular formula is C18H26F12. The first-order valence-electron chi connectivity index (χ1n) is 9.55. The molecule has 0 saturated carbocycles. The third-order valence-corrected chi connectivity index (χ3v) is 4.91. The first kappa shape index (κ1) is 29.2. The van der Waals surface area contributed by atoms with Crippen molar-refractivity contribution in [2.75, 3.05) is 0 Å². The minimum Gasteiger partial charge on any atom is -0.171 e. The highest BCUT2D eigenvalue weighted by molar-refractivity contribution is 4.93. The van der Waals surface area contributed by atoms with Gasteiger partial charge in [-0.1, -0.05) is 45.4 Å². The number of hydrogen-bond acceptors (Lipinski definition) is 0. The highest BCUT2D eigenvalue weighted by Crippen LogP contribution is 2.56. The maximum Gasteiger partial charge on any atom is 0.389 e. The van der Waals surface area contributed by atoms with Crippen molar-refractivity contribution in [1.82, 2.24) is 0 Å². The molecule has 0 aromatic rings. The molecule has 0 spiro atoms. The number of unbranched alkanes of at least 4 members (excludes halogenated alkanes) is 5. The van der Waals surface area contributed by atoms with E-state index in [0.717, 1.165) is 12.8 Å². The summed E-state index contributed by atoms with van der Waals surface area (Å²) in [5.41, 5.74) is -3.67. The van der Waals surface area contributed by atoms with Gasteiger partial charge in [0.2, 0.25) is 0 Å². The molecule has 0 N–H and O–H groups in total. The highest BCUT2D eigenvalue weighted by atomic mass is 19.4. The molecule has 0 aliphatic heterocycles. The van der Waals surface area contributed by atoms with Crippen LogP contribution < -0.4 is 0 Å².